The van der Waals surface area contributed by atoms with Crippen LogP contribution in [0.25, 0.3) is 0 Å². The van der Waals surface area contributed by atoms with Crippen molar-refractivity contribution < 1.29 is 0 Å². The normalized spacial score (nSPS) is 15.9. The molecule has 5 heteroatoms. The second-order valence-corrected chi connectivity index (χ2v) is 6.97. The number of nitrogens with zero attached hydrogens (tertiary/aromatic N) is 4. The number of thiophene rings is 1. The van der Waals surface area contributed by atoms with Gasteiger partial charge < -0.3 is 0 Å². The molecule has 3 heterocycles. The van der Waals surface area contributed by atoms with Gasteiger partial charge in [0.25, 0.3) is 0 Å². The summed E-state index contributed by atoms with van der Waals surface area (Å²) in [6.45, 7) is 5.46. The highest BCUT2D eigenvalue weighted by molar-refractivity contribution is 7.11. The Morgan fingerprint density at radius 1 is 1.14 bits per heavy atom. The number of hydrogen-bond acceptors (Lipinski definition) is 5. The van der Waals surface area contributed by atoms with Crippen molar-refractivity contribution in [1.82, 2.24) is 19.8 Å². The average Bonchev–Trinajstić information content (AvgIpc) is 3.13. The summed E-state index contributed by atoms with van der Waals surface area (Å²) in [5.74, 6) is 0. The Morgan fingerprint density at radius 3 is 2.71 bits per heavy atom. The molecule has 0 amide bonds. The fourth-order valence-corrected chi connectivity index (χ4v) is 3.90. The van der Waals surface area contributed by atoms with Gasteiger partial charge in [-0.15, -0.1) is 11.3 Å². The van der Waals surface area contributed by atoms with Crippen LogP contribution in [0, 0.1) is 0 Å². The van der Waals surface area contributed by atoms with Crippen molar-refractivity contribution in [1.29, 1.82) is 0 Å². The minimum absolute atomic E-state index is 0.840. The SMILES string of the molecule is CN(Cc1cnccn1)Cc1ccc(CN2CCCC2)s1. The zero-order valence-corrected chi connectivity index (χ0v) is 13.4. The fourth-order valence-electron chi connectivity index (χ4n) is 2.76. The van der Waals surface area contributed by atoms with Crippen LogP contribution in [0.15, 0.2) is 30.7 Å². The van der Waals surface area contributed by atoms with Crippen molar-refractivity contribution in [3.05, 3.63) is 46.2 Å². The topological polar surface area (TPSA) is 32.3 Å². The molecule has 0 spiro atoms. The molecule has 1 saturated heterocycles. The van der Waals surface area contributed by atoms with Crippen LogP contribution in [0.4, 0.5) is 0 Å². The Labute approximate surface area is 130 Å². The van der Waals surface area contributed by atoms with Gasteiger partial charge in [-0.05, 0) is 45.1 Å². The molecule has 0 bridgehead atoms. The largest absolute Gasteiger partial charge is 0.298 e. The van der Waals surface area contributed by atoms with Crippen molar-refractivity contribution in [2.45, 2.75) is 32.5 Å². The highest BCUT2D eigenvalue weighted by Crippen LogP contribution is 2.21. The first-order valence-electron chi connectivity index (χ1n) is 7.53. The summed E-state index contributed by atoms with van der Waals surface area (Å²) in [5.41, 5.74) is 1.02. The van der Waals surface area contributed by atoms with E-state index in [1.54, 1.807) is 12.4 Å². The first kappa shape index (κ1) is 14.6. The monoisotopic (exact) mass is 302 g/mol. The van der Waals surface area contributed by atoms with E-state index < -0.39 is 0 Å². The molecule has 4 nitrogen and oxygen atoms in total. The van der Waals surface area contributed by atoms with Gasteiger partial charge in [0.05, 0.1) is 5.69 Å². The maximum Gasteiger partial charge on any atom is 0.0726 e. The van der Waals surface area contributed by atoms with Crippen LogP contribution in [0.3, 0.4) is 0 Å². The molecule has 0 saturated carbocycles. The van der Waals surface area contributed by atoms with Crippen molar-refractivity contribution >= 4 is 11.3 Å². The van der Waals surface area contributed by atoms with Gasteiger partial charge in [0.2, 0.25) is 0 Å². The summed E-state index contributed by atoms with van der Waals surface area (Å²) in [6, 6.07) is 4.55. The van der Waals surface area contributed by atoms with Crippen LogP contribution in [0.5, 0.6) is 0 Å². The number of likely N-dealkylation sites (tertiary alicyclic amines) is 1. The smallest absolute Gasteiger partial charge is 0.0726 e. The van der Waals surface area contributed by atoms with Crippen LogP contribution in [0.1, 0.15) is 28.3 Å². The minimum atomic E-state index is 0.840. The maximum atomic E-state index is 4.33. The van der Waals surface area contributed by atoms with Crippen LogP contribution >= 0.6 is 11.3 Å². The Kier molecular flexibility index (Phi) is 4.95. The third kappa shape index (κ3) is 4.33. The standard InChI is InChI=1S/C16H22N4S/c1-19(11-14-10-17-6-7-18-14)12-15-4-5-16(21-15)13-20-8-2-3-9-20/h4-7,10H,2-3,8-9,11-13H2,1H3. The summed E-state index contributed by atoms with van der Waals surface area (Å²) in [5, 5.41) is 0. The lowest BCUT2D eigenvalue weighted by atomic mass is 10.3. The quantitative estimate of drug-likeness (QED) is 0.821. The molecule has 1 aliphatic rings. The minimum Gasteiger partial charge on any atom is -0.298 e. The molecule has 1 fully saturated rings. The molecule has 0 aromatic carbocycles. The van der Waals surface area contributed by atoms with Crippen molar-refractivity contribution in [3.63, 3.8) is 0 Å². The molecule has 3 rings (SSSR count). The highest BCUT2D eigenvalue weighted by atomic mass is 32.1. The van der Waals surface area contributed by atoms with Crippen molar-refractivity contribution in [2.24, 2.45) is 0 Å². The second kappa shape index (κ2) is 7.11. The molecular formula is C16H22N4S. The van der Waals surface area contributed by atoms with Gasteiger partial charge in [0, 0.05) is 48.0 Å². The van der Waals surface area contributed by atoms with Gasteiger partial charge in [-0.3, -0.25) is 19.8 Å². The molecule has 0 N–H and O–H groups in total. The van der Waals surface area contributed by atoms with Crippen LogP contribution in [-0.4, -0.2) is 39.9 Å². The molecular weight excluding hydrogens is 280 g/mol. The summed E-state index contributed by atoms with van der Waals surface area (Å²) in [4.78, 5) is 16.2. The van der Waals surface area contributed by atoms with E-state index in [9.17, 15) is 0 Å². The molecule has 0 atom stereocenters. The third-order valence-electron chi connectivity index (χ3n) is 3.77. The molecule has 0 aliphatic carbocycles. The molecule has 112 valence electrons. The molecule has 2 aromatic rings. The van der Waals surface area contributed by atoms with E-state index in [-0.39, 0.29) is 0 Å². The molecule has 1 aliphatic heterocycles. The van der Waals surface area contributed by atoms with Gasteiger partial charge in [0.1, 0.15) is 0 Å². The van der Waals surface area contributed by atoms with E-state index >= 15 is 0 Å². The van der Waals surface area contributed by atoms with Crippen molar-refractivity contribution in [2.75, 3.05) is 20.1 Å². The Bertz CT molecular complexity index is 548. The summed E-state index contributed by atoms with van der Waals surface area (Å²) in [6.07, 6.45) is 8.03. The highest BCUT2D eigenvalue weighted by Gasteiger charge is 2.13. The van der Waals surface area contributed by atoms with Crippen LogP contribution in [0.2, 0.25) is 0 Å². The number of hydrogen-bond donors (Lipinski definition) is 0. The molecule has 2 aromatic heterocycles. The predicted molar refractivity (Wildman–Crippen MR) is 86.0 cm³/mol. The lowest BCUT2D eigenvalue weighted by molar-refractivity contribution is 0.317. The summed E-state index contributed by atoms with van der Waals surface area (Å²) in [7, 11) is 2.13. The first-order chi connectivity index (χ1) is 10.3. The van der Waals surface area contributed by atoms with E-state index in [4.69, 9.17) is 0 Å². The van der Waals surface area contributed by atoms with Gasteiger partial charge in [-0.2, -0.15) is 0 Å². The second-order valence-electron chi connectivity index (χ2n) is 5.72. The van der Waals surface area contributed by atoms with E-state index in [1.165, 1.54) is 35.7 Å². The Morgan fingerprint density at radius 2 is 1.95 bits per heavy atom. The van der Waals surface area contributed by atoms with Gasteiger partial charge in [-0.1, -0.05) is 0 Å². The number of aromatic nitrogens is 2. The molecule has 0 unspecified atom stereocenters. The molecule has 21 heavy (non-hydrogen) atoms. The lowest BCUT2D eigenvalue weighted by Gasteiger charge is -2.15. The third-order valence-corrected chi connectivity index (χ3v) is 4.82. The van der Waals surface area contributed by atoms with Crippen LogP contribution < -0.4 is 0 Å². The average molecular weight is 302 g/mol. The zero-order valence-electron chi connectivity index (χ0n) is 12.5. The summed E-state index contributed by atoms with van der Waals surface area (Å²) >= 11 is 1.94. The van der Waals surface area contributed by atoms with Crippen molar-refractivity contribution in [3.8, 4) is 0 Å². The van der Waals surface area contributed by atoms with E-state index in [1.807, 2.05) is 17.5 Å². The van der Waals surface area contributed by atoms with E-state index in [0.29, 0.717) is 0 Å². The summed E-state index contributed by atoms with van der Waals surface area (Å²) < 4.78 is 0. The van der Waals surface area contributed by atoms with Gasteiger partial charge >= 0.3 is 0 Å². The van der Waals surface area contributed by atoms with Gasteiger partial charge in [-0.25, -0.2) is 0 Å². The first-order valence-corrected chi connectivity index (χ1v) is 8.34. The van der Waals surface area contributed by atoms with Gasteiger partial charge in [0.15, 0.2) is 0 Å². The molecule has 0 radical (unpaired) electrons. The zero-order chi connectivity index (χ0) is 14.5. The Hall–Kier alpha value is -1.30. The van der Waals surface area contributed by atoms with Crippen LogP contribution in [-0.2, 0) is 19.6 Å². The number of rotatable bonds is 6. The Balaban J connectivity index is 1.51. The lowest BCUT2D eigenvalue weighted by Crippen LogP contribution is -2.18. The predicted octanol–water partition coefficient (Wildman–Crippen LogP) is 2.77. The maximum absolute atomic E-state index is 4.33. The fraction of sp³-hybridized carbons (Fsp3) is 0.500. The van der Waals surface area contributed by atoms with E-state index in [2.05, 4.69) is 38.9 Å². The van der Waals surface area contributed by atoms with E-state index in [0.717, 1.165) is 25.3 Å².